The molecule has 0 aromatic carbocycles. The van der Waals surface area contributed by atoms with Gasteiger partial charge in [0.15, 0.2) is 0 Å². The number of carbonyl (C=O) groups is 1. The van der Waals surface area contributed by atoms with Gasteiger partial charge in [0.1, 0.15) is 5.69 Å². The van der Waals surface area contributed by atoms with Crippen molar-refractivity contribution in [3.8, 4) is 0 Å². The first-order chi connectivity index (χ1) is 9.36. The van der Waals surface area contributed by atoms with Gasteiger partial charge in [-0.25, -0.2) is 0 Å². The molecule has 3 nitrogen and oxygen atoms in total. The number of amides is 1. The number of nitrogens with one attached hydrogen (secondary N) is 1. The van der Waals surface area contributed by atoms with Crippen LogP contribution in [0.3, 0.4) is 0 Å². The number of alkyl halides is 3. The van der Waals surface area contributed by atoms with Gasteiger partial charge in [0.25, 0.3) is 5.91 Å². The van der Waals surface area contributed by atoms with Crippen LogP contribution >= 0.6 is 0 Å². The van der Waals surface area contributed by atoms with E-state index in [0.29, 0.717) is 5.92 Å². The van der Waals surface area contributed by atoms with Gasteiger partial charge in [0.2, 0.25) is 0 Å². The highest BCUT2D eigenvalue weighted by molar-refractivity contribution is 5.94. The van der Waals surface area contributed by atoms with E-state index in [4.69, 9.17) is 0 Å². The first kappa shape index (κ1) is 14.8. The molecule has 0 saturated heterocycles. The third-order valence-corrected chi connectivity index (χ3v) is 3.59. The molecule has 2 atom stereocenters. The summed E-state index contributed by atoms with van der Waals surface area (Å²) in [6.07, 6.45) is 0.563. The van der Waals surface area contributed by atoms with Gasteiger partial charge in [-0.1, -0.05) is 19.8 Å². The van der Waals surface area contributed by atoms with Crippen molar-refractivity contribution in [1.82, 2.24) is 10.3 Å². The van der Waals surface area contributed by atoms with Crippen LogP contribution in [0.1, 0.15) is 48.7 Å². The summed E-state index contributed by atoms with van der Waals surface area (Å²) in [6.45, 7) is 2.14. The van der Waals surface area contributed by atoms with Crippen molar-refractivity contribution in [1.29, 1.82) is 0 Å². The van der Waals surface area contributed by atoms with E-state index in [2.05, 4.69) is 17.2 Å². The minimum Gasteiger partial charge on any atom is -0.349 e. The fourth-order valence-electron chi connectivity index (χ4n) is 2.53. The number of carbonyl (C=O) groups excluding carboxylic acids is 1. The zero-order valence-electron chi connectivity index (χ0n) is 11.2. The summed E-state index contributed by atoms with van der Waals surface area (Å²) < 4.78 is 37.1. The van der Waals surface area contributed by atoms with Crippen LogP contribution in [0.15, 0.2) is 18.3 Å². The van der Waals surface area contributed by atoms with Crippen LogP contribution in [0.2, 0.25) is 0 Å². The third-order valence-electron chi connectivity index (χ3n) is 3.59. The highest BCUT2D eigenvalue weighted by Gasteiger charge is 2.32. The van der Waals surface area contributed by atoms with Crippen LogP contribution in [-0.2, 0) is 6.18 Å². The zero-order valence-corrected chi connectivity index (χ0v) is 11.2. The summed E-state index contributed by atoms with van der Waals surface area (Å²) in [5.41, 5.74) is -0.823. The minimum atomic E-state index is -4.48. The zero-order chi connectivity index (χ0) is 14.8. The average Bonchev–Trinajstić information content (AvgIpc) is 2.38. The van der Waals surface area contributed by atoms with Gasteiger partial charge in [-0.05, 0) is 30.9 Å². The van der Waals surface area contributed by atoms with Crippen LogP contribution in [0, 0.1) is 5.92 Å². The Morgan fingerprint density at radius 2 is 2.10 bits per heavy atom. The Morgan fingerprint density at radius 3 is 2.65 bits per heavy atom. The SMILES string of the molecule is CC1CCCC(NC(=O)c2ccc(C(F)(F)F)nc2)C1. The number of halogens is 3. The number of pyridine rings is 1. The van der Waals surface area contributed by atoms with Crippen LogP contribution < -0.4 is 5.32 Å². The van der Waals surface area contributed by atoms with E-state index in [9.17, 15) is 18.0 Å². The lowest BCUT2D eigenvalue weighted by atomic mass is 9.87. The average molecular weight is 286 g/mol. The lowest BCUT2D eigenvalue weighted by Crippen LogP contribution is -2.38. The smallest absolute Gasteiger partial charge is 0.349 e. The quantitative estimate of drug-likeness (QED) is 0.905. The molecule has 1 fully saturated rings. The molecule has 1 aromatic heterocycles. The maximum Gasteiger partial charge on any atom is 0.433 e. The summed E-state index contributed by atoms with van der Waals surface area (Å²) in [4.78, 5) is 15.2. The van der Waals surface area contributed by atoms with Crippen molar-refractivity contribution in [2.75, 3.05) is 0 Å². The van der Waals surface area contributed by atoms with E-state index in [0.717, 1.165) is 44.0 Å². The standard InChI is InChI=1S/C14H17F3N2O/c1-9-3-2-4-11(7-9)19-13(20)10-5-6-12(18-8-10)14(15,16)17/h5-6,8-9,11H,2-4,7H2,1H3,(H,19,20). The monoisotopic (exact) mass is 286 g/mol. The topological polar surface area (TPSA) is 42.0 Å². The molecular weight excluding hydrogens is 269 g/mol. The molecule has 20 heavy (non-hydrogen) atoms. The summed E-state index contributed by atoms with van der Waals surface area (Å²) >= 11 is 0. The maximum atomic E-state index is 12.4. The predicted molar refractivity (Wildman–Crippen MR) is 68.1 cm³/mol. The lowest BCUT2D eigenvalue weighted by Gasteiger charge is -2.27. The number of hydrogen-bond acceptors (Lipinski definition) is 2. The Bertz CT molecular complexity index is 470. The van der Waals surface area contributed by atoms with Crippen LogP contribution in [0.25, 0.3) is 0 Å². The van der Waals surface area contributed by atoms with E-state index in [1.807, 2.05) is 0 Å². The molecule has 0 bridgehead atoms. The fraction of sp³-hybridized carbons (Fsp3) is 0.571. The molecule has 0 spiro atoms. The van der Waals surface area contributed by atoms with Gasteiger partial charge in [-0.2, -0.15) is 13.2 Å². The molecule has 2 unspecified atom stereocenters. The van der Waals surface area contributed by atoms with Crippen LogP contribution in [-0.4, -0.2) is 16.9 Å². The predicted octanol–water partition coefficient (Wildman–Crippen LogP) is 3.41. The van der Waals surface area contributed by atoms with E-state index >= 15 is 0 Å². The first-order valence-corrected chi connectivity index (χ1v) is 6.70. The van der Waals surface area contributed by atoms with Gasteiger partial charge >= 0.3 is 6.18 Å². The molecule has 0 radical (unpaired) electrons. The Morgan fingerprint density at radius 1 is 1.35 bits per heavy atom. The normalized spacial score (nSPS) is 23.4. The molecule has 1 N–H and O–H groups in total. The molecule has 1 amide bonds. The number of aromatic nitrogens is 1. The Labute approximate surface area is 115 Å². The van der Waals surface area contributed by atoms with Crippen LogP contribution in [0.5, 0.6) is 0 Å². The second-order valence-electron chi connectivity index (χ2n) is 5.37. The molecule has 1 saturated carbocycles. The summed E-state index contributed by atoms with van der Waals surface area (Å²) in [7, 11) is 0. The van der Waals surface area contributed by atoms with Crippen molar-refractivity contribution >= 4 is 5.91 Å². The van der Waals surface area contributed by atoms with E-state index in [-0.39, 0.29) is 17.5 Å². The Balaban J connectivity index is 1.99. The molecule has 1 aliphatic rings. The Kier molecular flexibility index (Phi) is 4.30. The summed E-state index contributed by atoms with van der Waals surface area (Å²) in [5.74, 6) is 0.213. The number of hydrogen-bond donors (Lipinski definition) is 1. The van der Waals surface area contributed by atoms with Crippen molar-refractivity contribution < 1.29 is 18.0 Å². The third kappa shape index (κ3) is 3.71. The number of nitrogens with zero attached hydrogens (tertiary/aromatic N) is 1. The Hall–Kier alpha value is -1.59. The minimum absolute atomic E-state index is 0.105. The number of rotatable bonds is 2. The molecular formula is C14H17F3N2O. The second-order valence-corrected chi connectivity index (χ2v) is 5.37. The van der Waals surface area contributed by atoms with Gasteiger partial charge in [0.05, 0.1) is 5.56 Å². The molecule has 110 valence electrons. The largest absolute Gasteiger partial charge is 0.433 e. The molecule has 1 heterocycles. The van der Waals surface area contributed by atoms with E-state index in [1.54, 1.807) is 0 Å². The van der Waals surface area contributed by atoms with Crippen LogP contribution in [0.4, 0.5) is 13.2 Å². The highest BCUT2D eigenvalue weighted by Crippen LogP contribution is 2.27. The van der Waals surface area contributed by atoms with Crippen molar-refractivity contribution in [2.45, 2.75) is 44.8 Å². The van der Waals surface area contributed by atoms with Crippen molar-refractivity contribution in [3.05, 3.63) is 29.6 Å². The van der Waals surface area contributed by atoms with Gasteiger partial charge in [-0.3, -0.25) is 9.78 Å². The van der Waals surface area contributed by atoms with Gasteiger partial charge < -0.3 is 5.32 Å². The summed E-state index contributed by atoms with van der Waals surface area (Å²) in [6, 6.07) is 2.10. The lowest BCUT2D eigenvalue weighted by molar-refractivity contribution is -0.141. The van der Waals surface area contributed by atoms with E-state index < -0.39 is 11.9 Å². The van der Waals surface area contributed by atoms with Gasteiger partial charge in [0, 0.05) is 12.2 Å². The fourth-order valence-corrected chi connectivity index (χ4v) is 2.53. The van der Waals surface area contributed by atoms with Gasteiger partial charge in [-0.15, -0.1) is 0 Å². The maximum absolute atomic E-state index is 12.4. The van der Waals surface area contributed by atoms with E-state index in [1.165, 1.54) is 0 Å². The summed E-state index contributed by atoms with van der Waals surface area (Å²) in [5, 5.41) is 2.86. The molecule has 2 rings (SSSR count). The molecule has 1 aromatic rings. The first-order valence-electron chi connectivity index (χ1n) is 6.70. The molecule has 6 heteroatoms. The van der Waals surface area contributed by atoms with Crippen molar-refractivity contribution in [2.24, 2.45) is 5.92 Å². The van der Waals surface area contributed by atoms with Crippen molar-refractivity contribution in [3.63, 3.8) is 0 Å². The molecule has 0 aliphatic heterocycles. The molecule has 1 aliphatic carbocycles. The second kappa shape index (κ2) is 5.81. The highest BCUT2D eigenvalue weighted by atomic mass is 19.4.